The maximum Gasteiger partial charge on any atom is 0.150 e. The third-order valence-corrected chi connectivity index (χ3v) is 5.65. The van der Waals surface area contributed by atoms with Gasteiger partial charge in [-0.15, -0.1) is 0 Å². The van der Waals surface area contributed by atoms with Crippen molar-refractivity contribution in [3.8, 4) is 0 Å². The highest BCUT2D eigenvalue weighted by atomic mass is 127. The first-order valence-corrected chi connectivity index (χ1v) is 9.83. The Morgan fingerprint density at radius 3 is 2.70 bits per heavy atom. The Morgan fingerprint density at radius 2 is 2.00 bits per heavy atom. The quantitative estimate of drug-likeness (QED) is 0.427. The fourth-order valence-corrected chi connectivity index (χ4v) is 4.44. The second kappa shape index (κ2) is 6.18. The van der Waals surface area contributed by atoms with Crippen LogP contribution in [0.25, 0.3) is 0 Å². The van der Waals surface area contributed by atoms with Gasteiger partial charge in [-0.2, -0.15) is 0 Å². The van der Waals surface area contributed by atoms with Gasteiger partial charge in [-0.05, 0) is 23.6 Å². The minimum absolute atomic E-state index is 0.385. The van der Waals surface area contributed by atoms with Crippen molar-refractivity contribution >= 4 is 42.3 Å². The lowest BCUT2D eigenvalue weighted by Gasteiger charge is -2.14. The number of aldehydes is 1. The second-order valence-electron chi connectivity index (χ2n) is 4.91. The zero-order chi connectivity index (χ0) is 13.9. The molecule has 2 aromatic carbocycles. The number of rotatable bonds is 4. The number of fused-ring (bicyclic) bond motifs is 1. The van der Waals surface area contributed by atoms with E-state index in [-0.39, 0.29) is 0 Å². The lowest BCUT2D eigenvalue weighted by Crippen LogP contribution is -2.12. The van der Waals surface area contributed by atoms with Crippen LogP contribution in [-0.4, -0.2) is 12.8 Å². The van der Waals surface area contributed by atoms with Crippen molar-refractivity contribution in [1.82, 2.24) is 0 Å². The third-order valence-electron chi connectivity index (χ3n) is 3.72. The zero-order valence-electron chi connectivity index (χ0n) is 10.8. The summed E-state index contributed by atoms with van der Waals surface area (Å²) in [6.07, 6.45) is 1.96. The van der Waals surface area contributed by atoms with Gasteiger partial charge < -0.3 is 4.31 Å². The fourth-order valence-electron chi connectivity index (χ4n) is 2.86. The number of hydrogen-bond acceptors (Lipinski definition) is 3. The molecule has 2 nitrogen and oxygen atoms in total. The smallest absolute Gasteiger partial charge is 0.150 e. The van der Waals surface area contributed by atoms with Crippen molar-refractivity contribution in [2.24, 2.45) is 0 Å². The number of halogens is 1. The first-order valence-electron chi connectivity index (χ1n) is 6.51. The van der Waals surface area contributed by atoms with E-state index in [4.69, 9.17) is 0 Å². The molecule has 102 valence electrons. The Morgan fingerprint density at radius 1 is 1.20 bits per heavy atom. The van der Waals surface area contributed by atoms with E-state index < -0.39 is 0 Å². The summed E-state index contributed by atoms with van der Waals surface area (Å²) in [5.74, 6) is 0.385. The van der Waals surface area contributed by atoms with Crippen molar-refractivity contribution < 1.29 is 4.79 Å². The Balaban J connectivity index is 1.97. The standard InChI is InChI=1S/C16H14INOS/c17-20-18-10-14(9-12-5-2-1-3-6-12)16-13(11-19)7-4-8-15(16)18/h1-8,11,14H,9-10H2/t14-/m0/s1. The molecule has 0 radical (unpaired) electrons. The van der Waals surface area contributed by atoms with E-state index in [9.17, 15) is 4.79 Å². The largest absolute Gasteiger partial charge is 0.307 e. The Kier molecular flexibility index (Phi) is 4.31. The molecule has 0 fully saturated rings. The summed E-state index contributed by atoms with van der Waals surface area (Å²) in [5.41, 5.74) is 4.55. The maximum absolute atomic E-state index is 11.3. The molecule has 1 heterocycles. The van der Waals surface area contributed by atoms with Crippen molar-refractivity contribution in [2.75, 3.05) is 10.8 Å². The van der Waals surface area contributed by atoms with Crippen LogP contribution in [0.3, 0.4) is 0 Å². The van der Waals surface area contributed by atoms with Gasteiger partial charge in [0.15, 0.2) is 0 Å². The number of carbonyl (C=O) groups is 1. The van der Waals surface area contributed by atoms with E-state index in [0.29, 0.717) is 5.92 Å². The number of anilines is 1. The van der Waals surface area contributed by atoms with Crippen LogP contribution in [-0.2, 0) is 6.42 Å². The summed E-state index contributed by atoms with van der Waals surface area (Å²) in [7, 11) is 1.70. The van der Waals surface area contributed by atoms with Gasteiger partial charge in [0.1, 0.15) is 6.29 Å². The van der Waals surface area contributed by atoms with Crippen molar-refractivity contribution in [3.05, 3.63) is 65.2 Å². The van der Waals surface area contributed by atoms with Gasteiger partial charge >= 0.3 is 0 Å². The molecular weight excluding hydrogens is 381 g/mol. The highest BCUT2D eigenvalue weighted by molar-refractivity contribution is 14.2. The molecule has 20 heavy (non-hydrogen) atoms. The van der Waals surface area contributed by atoms with Gasteiger partial charge in [-0.3, -0.25) is 4.79 Å². The molecule has 0 aliphatic carbocycles. The van der Waals surface area contributed by atoms with Gasteiger partial charge in [0, 0.05) is 48.4 Å². The number of nitrogens with zero attached hydrogens (tertiary/aromatic N) is 1. The Hall–Kier alpha value is -1.01. The molecule has 0 aromatic heterocycles. The summed E-state index contributed by atoms with van der Waals surface area (Å²) in [6, 6.07) is 16.5. The summed E-state index contributed by atoms with van der Waals surface area (Å²) >= 11 is 2.31. The van der Waals surface area contributed by atoms with Crippen molar-refractivity contribution in [1.29, 1.82) is 0 Å². The summed E-state index contributed by atoms with van der Waals surface area (Å²) in [4.78, 5) is 11.3. The monoisotopic (exact) mass is 395 g/mol. The van der Waals surface area contributed by atoms with E-state index >= 15 is 0 Å². The van der Waals surface area contributed by atoms with Crippen LogP contribution in [0.15, 0.2) is 48.5 Å². The first-order chi connectivity index (χ1) is 9.83. The molecule has 3 rings (SSSR count). The molecule has 2 aromatic rings. The molecular formula is C16H14INOS. The van der Waals surface area contributed by atoms with Crippen LogP contribution in [0.1, 0.15) is 27.4 Å². The topological polar surface area (TPSA) is 20.3 Å². The Labute approximate surface area is 135 Å². The molecule has 0 unspecified atom stereocenters. The van der Waals surface area contributed by atoms with Crippen molar-refractivity contribution in [2.45, 2.75) is 12.3 Å². The van der Waals surface area contributed by atoms with E-state index in [1.165, 1.54) is 16.8 Å². The van der Waals surface area contributed by atoms with Crippen LogP contribution in [0.2, 0.25) is 0 Å². The van der Waals surface area contributed by atoms with E-state index in [0.717, 1.165) is 24.8 Å². The lowest BCUT2D eigenvalue weighted by atomic mass is 9.91. The average Bonchev–Trinajstić information content (AvgIpc) is 2.86. The SMILES string of the molecule is O=Cc1cccc2c1[C@@H](Cc1ccccc1)CN2SI. The van der Waals surface area contributed by atoms with Gasteiger partial charge in [-0.25, -0.2) is 0 Å². The minimum Gasteiger partial charge on any atom is -0.307 e. The molecule has 0 N–H and O–H groups in total. The van der Waals surface area contributed by atoms with Gasteiger partial charge in [0.25, 0.3) is 0 Å². The summed E-state index contributed by atoms with van der Waals surface area (Å²) < 4.78 is 2.27. The number of hydrogen-bond donors (Lipinski definition) is 0. The van der Waals surface area contributed by atoms with Crippen LogP contribution in [0.4, 0.5) is 5.69 Å². The number of carbonyl (C=O) groups excluding carboxylic acids is 1. The summed E-state index contributed by atoms with van der Waals surface area (Å²) in [6.45, 7) is 0.961. The van der Waals surface area contributed by atoms with E-state index in [1.54, 1.807) is 9.12 Å². The fraction of sp³-hybridized carbons (Fsp3) is 0.188. The highest BCUT2D eigenvalue weighted by Crippen LogP contribution is 2.44. The average molecular weight is 395 g/mol. The molecule has 4 heteroatoms. The van der Waals surface area contributed by atoms with Crippen LogP contribution in [0, 0.1) is 0 Å². The maximum atomic E-state index is 11.3. The molecule has 0 spiro atoms. The zero-order valence-corrected chi connectivity index (χ0v) is 13.8. The first kappa shape index (κ1) is 13.9. The van der Waals surface area contributed by atoms with Crippen LogP contribution >= 0.6 is 30.3 Å². The van der Waals surface area contributed by atoms with E-state index in [2.05, 4.69) is 55.8 Å². The van der Waals surface area contributed by atoms with Gasteiger partial charge in [-0.1, -0.05) is 42.5 Å². The molecule has 0 amide bonds. The number of benzene rings is 2. The van der Waals surface area contributed by atoms with Crippen LogP contribution < -0.4 is 4.31 Å². The van der Waals surface area contributed by atoms with E-state index in [1.807, 2.05) is 18.2 Å². The Bertz CT molecular complexity index is 617. The molecule has 1 aliphatic heterocycles. The van der Waals surface area contributed by atoms with Gasteiger partial charge in [0.05, 0.1) is 5.69 Å². The molecule has 0 saturated carbocycles. The normalized spacial score (nSPS) is 17.1. The predicted octanol–water partition coefficient (Wildman–Crippen LogP) is 4.64. The second-order valence-corrected chi connectivity index (χ2v) is 6.68. The van der Waals surface area contributed by atoms with Gasteiger partial charge in [0.2, 0.25) is 0 Å². The predicted molar refractivity (Wildman–Crippen MR) is 93.7 cm³/mol. The highest BCUT2D eigenvalue weighted by Gasteiger charge is 2.30. The van der Waals surface area contributed by atoms with Crippen LogP contribution in [0.5, 0.6) is 0 Å². The molecule has 1 aliphatic rings. The molecule has 1 atom stereocenters. The molecule has 0 saturated heterocycles. The minimum atomic E-state index is 0.385. The van der Waals surface area contributed by atoms with Crippen molar-refractivity contribution in [3.63, 3.8) is 0 Å². The third kappa shape index (κ3) is 2.59. The lowest BCUT2D eigenvalue weighted by molar-refractivity contribution is 0.112. The summed E-state index contributed by atoms with van der Waals surface area (Å²) in [5, 5.41) is 0. The molecule has 0 bridgehead atoms.